The molecular formula is C11H19N3O. The number of rotatable bonds is 4. The molecular weight excluding hydrogens is 190 g/mol. The zero-order chi connectivity index (χ0) is 11.4. The number of aromatic nitrogens is 1. The molecule has 84 valence electrons. The maximum atomic E-state index is 5.75. The predicted octanol–water partition coefficient (Wildman–Crippen LogP) is 2.27. The quantitative estimate of drug-likeness (QED) is 0.798. The summed E-state index contributed by atoms with van der Waals surface area (Å²) >= 11 is 0. The molecule has 0 radical (unpaired) electrons. The molecule has 1 aromatic heterocycles. The summed E-state index contributed by atoms with van der Waals surface area (Å²) in [5.74, 6) is 1.28. The highest BCUT2D eigenvalue weighted by molar-refractivity contribution is 5.53. The Morgan fingerprint density at radius 3 is 2.47 bits per heavy atom. The number of hydrogen-bond acceptors (Lipinski definition) is 4. The predicted molar refractivity (Wildman–Crippen MR) is 63.2 cm³/mol. The number of nitrogens with zero attached hydrogens (tertiary/aromatic N) is 1. The molecule has 0 saturated carbocycles. The van der Waals surface area contributed by atoms with E-state index in [1.807, 2.05) is 19.9 Å². The molecule has 0 aliphatic heterocycles. The SMILES string of the molecule is CC(C)Nc1ccc(N)c(OC(C)C)n1. The van der Waals surface area contributed by atoms with Gasteiger partial charge in [-0.3, -0.25) is 0 Å². The Morgan fingerprint density at radius 1 is 1.27 bits per heavy atom. The minimum Gasteiger partial charge on any atom is -0.473 e. The summed E-state index contributed by atoms with van der Waals surface area (Å²) in [4.78, 5) is 4.29. The molecule has 4 nitrogen and oxygen atoms in total. The third-order valence-electron chi connectivity index (χ3n) is 1.67. The van der Waals surface area contributed by atoms with Crippen molar-refractivity contribution in [1.29, 1.82) is 0 Å². The van der Waals surface area contributed by atoms with Crippen LogP contribution in [0.3, 0.4) is 0 Å². The van der Waals surface area contributed by atoms with Gasteiger partial charge in [0.2, 0.25) is 5.88 Å². The molecule has 0 spiro atoms. The van der Waals surface area contributed by atoms with Gasteiger partial charge in [-0.25, -0.2) is 0 Å². The van der Waals surface area contributed by atoms with E-state index in [2.05, 4.69) is 24.1 Å². The van der Waals surface area contributed by atoms with Crippen molar-refractivity contribution >= 4 is 11.5 Å². The molecule has 0 amide bonds. The van der Waals surface area contributed by atoms with Crippen molar-refractivity contribution in [3.05, 3.63) is 12.1 Å². The molecule has 0 unspecified atom stereocenters. The van der Waals surface area contributed by atoms with E-state index in [9.17, 15) is 0 Å². The lowest BCUT2D eigenvalue weighted by atomic mass is 10.3. The van der Waals surface area contributed by atoms with E-state index in [-0.39, 0.29) is 6.10 Å². The average molecular weight is 209 g/mol. The van der Waals surface area contributed by atoms with Crippen LogP contribution in [0.2, 0.25) is 0 Å². The van der Waals surface area contributed by atoms with Gasteiger partial charge in [-0.15, -0.1) is 0 Å². The van der Waals surface area contributed by atoms with Crippen LogP contribution in [0.25, 0.3) is 0 Å². The van der Waals surface area contributed by atoms with Crippen molar-refractivity contribution in [2.45, 2.75) is 39.8 Å². The van der Waals surface area contributed by atoms with E-state index in [1.165, 1.54) is 0 Å². The lowest BCUT2D eigenvalue weighted by Gasteiger charge is -2.14. The third kappa shape index (κ3) is 3.65. The van der Waals surface area contributed by atoms with Gasteiger partial charge in [0.05, 0.1) is 11.8 Å². The largest absolute Gasteiger partial charge is 0.473 e. The number of hydrogen-bond donors (Lipinski definition) is 2. The second kappa shape index (κ2) is 4.87. The van der Waals surface area contributed by atoms with Crippen LogP contribution in [-0.2, 0) is 0 Å². The van der Waals surface area contributed by atoms with E-state index in [4.69, 9.17) is 10.5 Å². The molecule has 0 aliphatic rings. The lowest BCUT2D eigenvalue weighted by Crippen LogP contribution is -2.13. The fraction of sp³-hybridized carbons (Fsp3) is 0.545. The normalized spacial score (nSPS) is 10.8. The number of nitrogen functional groups attached to an aromatic ring is 1. The molecule has 1 heterocycles. The summed E-state index contributed by atoms with van der Waals surface area (Å²) in [6.07, 6.45) is 0.0779. The summed E-state index contributed by atoms with van der Waals surface area (Å²) in [5.41, 5.74) is 6.32. The molecule has 15 heavy (non-hydrogen) atoms. The lowest BCUT2D eigenvalue weighted by molar-refractivity contribution is 0.234. The summed E-state index contributed by atoms with van der Waals surface area (Å²) in [7, 11) is 0. The Hall–Kier alpha value is -1.45. The van der Waals surface area contributed by atoms with E-state index in [0.29, 0.717) is 17.6 Å². The van der Waals surface area contributed by atoms with Crippen molar-refractivity contribution < 1.29 is 4.74 Å². The van der Waals surface area contributed by atoms with Crippen LogP contribution in [-0.4, -0.2) is 17.1 Å². The Balaban J connectivity index is 2.85. The van der Waals surface area contributed by atoms with E-state index in [0.717, 1.165) is 5.82 Å². The van der Waals surface area contributed by atoms with Crippen LogP contribution in [0.5, 0.6) is 5.88 Å². The van der Waals surface area contributed by atoms with Crippen LogP contribution in [0.1, 0.15) is 27.7 Å². The van der Waals surface area contributed by atoms with E-state index in [1.54, 1.807) is 6.07 Å². The first-order valence-electron chi connectivity index (χ1n) is 5.18. The fourth-order valence-corrected chi connectivity index (χ4v) is 1.15. The molecule has 4 heteroatoms. The van der Waals surface area contributed by atoms with E-state index >= 15 is 0 Å². The summed E-state index contributed by atoms with van der Waals surface area (Å²) < 4.78 is 5.49. The van der Waals surface area contributed by atoms with Crippen molar-refractivity contribution in [3.63, 3.8) is 0 Å². The van der Waals surface area contributed by atoms with Gasteiger partial charge in [0.1, 0.15) is 5.82 Å². The molecule has 1 aromatic rings. The van der Waals surface area contributed by atoms with Crippen LogP contribution < -0.4 is 15.8 Å². The maximum absolute atomic E-state index is 5.75. The first-order chi connectivity index (χ1) is 6.99. The molecule has 1 rings (SSSR count). The van der Waals surface area contributed by atoms with Gasteiger partial charge >= 0.3 is 0 Å². The van der Waals surface area contributed by atoms with Gasteiger partial charge in [-0.2, -0.15) is 4.98 Å². The van der Waals surface area contributed by atoms with Crippen LogP contribution in [0.4, 0.5) is 11.5 Å². The van der Waals surface area contributed by atoms with Gasteiger partial charge in [-0.05, 0) is 39.8 Å². The number of nitrogens with two attached hydrogens (primary N) is 1. The van der Waals surface area contributed by atoms with Crippen molar-refractivity contribution in [2.24, 2.45) is 0 Å². The van der Waals surface area contributed by atoms with Crippen molar-refractivity contribution in [3.8, 4) is 5.88 Å². The average Bonchev–Trinajstić information content (AvgIpc) is 2.09. The highest BCUT2D eigenvalue weighted by Crippen LogP contribution is 2.22. The third-order valence-corrected chi connectivity index (χ3v) is 1.67. The Bertz CT molecular complexity index is 324. The van der Waals surface area contributed by atoms with Crippen LogP contribution in [0, 0.1) is 0 Å². The monoisotopic (exact) mass is 209 g/mol. The molecule has 0 aromatic carbocycles. The Morgan fingerprint density at radius 2 is 1.93 bits per heavy atom. The number of anilines is 2. The number of nitrogens with one attached hydrogen (secondary N) is 1. The highest BCUT2D eigenvalue weighted by Gasteiger charge is 2.06. The minimum absolute atomic E-state index is 0.0779. The first-order valence-corrected chi connectivity index (χ1v) is 5.18. The van der Waals surface area contributed by atoms with Gasteiger partial charge in [0.25, 0.3) is 0 Å². The van der Waals surface area contributed by atoms with E-state index < -0.39 is 0 Å². The Kier molecular flexibility index (Phi) is 3.77. The Labute approximate surface area is 90.8 Å². The molecule has 0 bridgehead atoms. The van der Waals surface area contributed by atoms with Gasteiger partial charge in [-0.1, -0.05) is 0 Å². The van der Waals surface area contributed by atoms with Crippen LogP contribution >= 0.6 is 0 Å². The van der Waals surface area contributed by atoms with Crippen molar-refractivity contribution in [2.75, 3.05) is 11.1 Å². The standard InChI is InChI=1S/C11H19N3O/c1-7(2)13-10-6-5-9(12)11(14-10)15-8(3)4/h5-8H,12H2,1-4H3,(H,13,14). The van der Waals surface area contributed by atoms with Crippen molar-refractivity contribution in [1.82, 2.24) is 4.98 Å². The number of pyridine rings is 1. The molecule has 0 saturated heterocycles. The zero-order valence-corrected chi connectivity index (χ0v) is 9.74. The van der Waals surface area contributed by atoms with Crippen LogP contribution in [0.15, 0.2) is 12.1 Å². The highest BCUT2D eigenvalue weighted by atomic mass is 16.5. The molecule has 0 fully saturated rings. The smallest absolute Gasteiger partial charge is 0.239 e. The zero-order valence-electron chi connectivity index (χ0n) is 9.74. The minimum atomic E-state index is 0.0779. The maximum Gasteiger partial charge on any atom is 0.239 e. The summed E-state index contributed by atoms with van der Waals surface area (Å²) in [5, 5.41) is 3.20. The number of ether oxygens (including phenoxy) is 1. The molecule has 3 N–H and O–H groups in total. The molecule has 0 atom stereocenters. The second-order valence-electron chi connectivity index (χ2n) is 4.06. The topological polar surface area (TPSA) is 60.2 Å². The van der Waals surface area contributed by atoms with Gasteiger partial charge < -0.3 is 15.8 Å². The first kappa shape index (κ1) is 11.6. The molecule has 0 aliphatic carbocycles. The summed E-state index contributed by atoms with van der Waals surface area (Å²) in [6.45, 7) is 8.01. The fourth-order valence-electron chi connectivity index (χ4n) is 1.15. The summed E-state index contributed by atoms with van der Waals surface area (Å²) in [6, 6.07) is 3.99. The van der Waals surface area contributed by atoms with Gasteiger partial charge in [0, 0.05) is 6.04 Å². The second-order valence-corrected chi connectivity index (χ2v) is 4.06. The van der Waals surface area contributed by atoms with Gasteiger partial charge in [0.15, 0.2) is 0 Å².